The Kier molecular flexibility index (Phi) is 7.06. The van der Waals surface area contributed by atoms with Gasteiger partial charge in [0.15, 0.2) is 0 Å². The minimum absolute atomic E-state index is 0.156. The Bertz CT molecular complexity index is 341. The Morgan fingerprint density at radius 1 is 1.28 bits per heavy atom. The summed E-state index contributed by atoms with van der Waals surface area (Å²) in [5, 5.41) is 3.16. The fourth-order valence-corrected chi connectivity index (χ4v) is 1.63. The van der Waals surface area contributed by atoms with Gasteiger partial charge >= 0.3 is 0 Å². The molecule has 0 spiro atoms. The van der Waals surface area contributed by atoms with Gasteiger partial charge in [-0.05, 0) is 5.56 Å². The summed E-state index contributed by atoms with van der Waals surface area (Å²) in [6.45, 7) is 2.82. The van der Waals surface area contributed by atoms with Gasteiger partial charge in [-0.25, -0.2) is 0 Å². The minimum Gasteiger partial charge on any atom is -0.383 e. The summed E-state index contributed by atoms with van der Waals surface area (Å²) in [6, 6.07) is 10.0. The van der Waals surface area contributed by atoms with Crippen LogP contribution in [0.25, 0.3) is 0 Å². The average Bonchev–Trinajstić information content (AvgIpc) is 2.39. The van der Waals surface area contributed by atoms with Crippen molar-refractivity contribution in [1.82, 2.24) is 10.2 Å². The largest absolute Gasteiger partial charge is 0.383 e. The average molecular weight is 250 g/mol. The smallest absolute Gasteiger partial charge is 0.223 e. The molecule has 0 unspecified atom stereocenters. The third-order valence-corrected chi connectivity index (χ3v) is 2.69. The Morgan fingerprint density at radius 3 is 2.67 bits per heavy atom. The molecule has 1 rings (SSSR count). The van der Waals surface area contributed by atoms with Crippen molar-refractivity contribution in [2.75, 3.05) is 33.9 Å². The predicted molar refractivity (Wildman–Crippen MR) is 72.3 cm³/mol. The van der Waals surface area contributed by atoms with E-state index in [0.29, 0.717) is 26.1 Å². The molecule has 0 aromatic heterocycles. The van der Waals surface area contributed by atoms with Crippen LogP contribution in [0.4, 0.5) is 0 Å². The number of hydrogen-bond donors (Lipinski definition) is 1. The van der Waals surface area contributed by atoms with Gasteiger partial charge in [-0.3, -0.25) is 4.79 Å². The van der Waals surface area contributed by atoms with Crippen LogP contribution >= 0.6 is 0 Å². The fraction of sp³-hybridized carbons (Fsp3) is 0.500. The summed E-state index contributed by atoms with van der Waals surface area (Å²) in [4.78, 5) is 13.6. The predicted octanol–water partition coefficient (Wildman–Crippen LogP) is 1.27. The highest BCUT2D eigenvalue weighted by atomic mass is 16.5. The van der Waals surface area contributed by atoms with Gasteiger partial charge < -0.3 is 15.0 Å². The van der Waals surface area contributed by atoms with E-state index in [9.17, 15) is 4.79 Å². The first kappa shape index (κ1) is 14.7. The number of ether oxygens (including phenoxy) is 1. The first-order valence-corrected chi connectivity index (χ1v) is 6.21. The number of nitrogens with one attached hydrogen (secondary N) is 1. The van der Waals surface area contributed by atoms with Crippen molar-refractivity contribution in [1.29, 1.82) is 0 Å². The Balaban J connectivity index is 2.21. The maximum absolute atomic E-state index is 11.8. The van der Waals surface area contributed by atoms with Gasteiger partial charge in [0.2, 0.25) is 5.91 Å². The number of amides is 1. The number of carbonyl (C=O) groups is 1. The van der Waals surface area contributed by atoms with Crippen molar-refractivity contribution in [3.63, 3.8) is 0 Å². The second-order valence-corrected chi connectivity index (χ2v) is 4.23. The topological polar surface area (TPSA) is 41.6 Å². The lowest BCUT2D eigenvalue weighted by Crippen LogP contribution is -2.30. The number of hydrogen-bond acceptors (Lipinski definition) is 3. The SMILES string of the molecule is COCCNCCC(=O)N(C)Cc1ccccc1. The molecular weight excluding hydrogens is 228 g/mol. The molecule has 18 heavy (non-hydrogen) atoms. The zero-order chi connectivity index (χ0) is 13.2. The van der Waals surface area contributed by atoms with Crippen LogP contribution in [0.2, 0.25) is 0 Å². The van der Waals surface area contributed by atoms with E-state index in [1.165, 1.54) is 0 Å². The third-order valence-electron chi connectivity index (χ3n) is 2.69. The molecule has 0 atom stereocenters. The molecule has 0 fully saturated rings. The first-order chi connectivity index (χ1) is 8.74. The molecule has 0 radical (unpaired) electrons. The molecule has 0 bridgehead atoms. The maximum Gasteiger partial charge on any atom is 0.223 e. The summed E-state index contributed by atoms with van der Waals surface area (Å²) in [5.74, 6) is 0.156. The molecule has 0 aliphatic heterocycles. The third kappa shape index (κ3) is 5.80. The normalized spacial score (nSPS) is 10.3. The van der Waals surface area contributed by atoms with Crippen molar-refractivity contribution in [2.45, 2.75) is 13.0 Å². The van der Waals surface area contributed by atoms with Crippen molar-refractivity contribution >= 4 is 5.91 Å². The molecular formula is C14H22N2O2. The molecule has 1 amide bonds. The van der Waals surface area contributed by atoms with Gasteiger partial charge in [0.1, 0.15) is 0 Å². The van der Waals surface area contributed by atoms with Crippen LogP contribution in [0.1, 0.15) is 12.0 Å². The van der Waals surface area contributed by atoms with Crippen LogP contribution in [0.5, 0.6) is 0 Å². The van der Waals surface area contributed by atoms with E-state index in [-0.39, 0.29) is 5.91 Å². The van der Waals surface area contributed by atoms with Gasteiger partial charge in [-0.15, -0.1) is 0 Å². The Labute approximate surface area is 109 Å². The minimum atomic E-state index is 0.156. The van der Waals surface area contributed by atoms with Crippen molar-refractivity contribution < 1.29 is 9.53 Å². The highest BCUT2D eigenvalue weighted by molar-refractivity contribution is 5.76. The number of nitrogens with zero attached hydrogens (tertiary/aromatic N) is 1. The van der Waals surface area contributed by atoms with Gasteiger partial charge in [0, 0.05) is 40.2 Å². The summed E-state index contributed by atoms with van der Waals surface area (Å²) >= 11 is 0. The van der Waals surface area contributed by atoms with Crippen LogP contribution in [0.3, 0.4) is 0 Å². The van der Waals surface area contributed by atoms with E-state index in [1.54, 1.807) is 12.0 Å². The van der Waals surface area contributed by atoms with E-state index >= 15 is 0 Å². The molecule has 1 aromatic rings. The lowest BCUT2D eigenvalue weighted by atomic mass is 10.2. The summed E-state index contributed by atoms with van der Waals surface area (Å²) in [6.07, 6.45) is 0.521. The van der Waals surface area contributed by atoms with E-state index in [4.69, 9.17) is 4.74 Å². The Morgan fingerprint density at radius 2 is 2.00 bits per heavy atom. The van der Waals surface area contributed by atoms with Crippen molar-refractivity contribution in [3.05, 3.63) is 35.9 Å². The lowest BCUT2D eigenvalue weighted by Gasteiger charge is -2.17. The molecule has 1 N–H and O–H groups in total. The fourth-order valence-electron chi connectivity index (χ4n) is 1.63. The van der Waals surface area contributed by atoms with Gasteiger partial charge in [0.25, 0.3) is 0 Å². The molecule has 0 aliphatic carbocycles. The van der Waals surface area contributed by atoms with E-state index < -0.39 is 0 Å². The van der Waals surface area contributed by atoms with Crippen molar-refractivity contribution in [2.24, 2.45) is 0 Å². The number of benzene rings is 1. The molecule has 0 aliphatic rings. The quantitative estimate of drug-likeness (QED) is 0.707. The first-order valence-electron chi connectivity index (χ1n) is 6.21. The van der Waals surface area contributed by atoms with E-state index in [0.717, 1.165) is 12.1 Å². The van der Waals surface area contributed by atoms with Crippen LogP contribution in [-0.4, -0.2) is 44.7 Å². The van der Waals surface area contributed by atoms with Gasteiger partial charge in [-0.2, -0.15) is 0 Å². The van der Waals surface area contributed by atoms with Gasteiger partial charge in [0.05, 0.1) is 6.61 Å². The standard InChI is InChI=1S/C14H22N2O2/c1-16(12-13-6-4-3-5-7-13)14(17)8-9-15-10-11-18-2/h3-7,15H,8-12H2,1-2H3. The zero-order valence-electron chi connectivity index (χ0n) is 11.2. The second-order valence-electron chi connectivity index (χ2n) is 4.23. The van der Waals surface area contributed by atoms with Gasteiger partial charge in [-0.1, -0.05) is 30.3 Å². The van der Waals surface area contributed by atoms with Crippen molar-refractivity contribution in [3.8, 4) is 0 Å². The van der Waals surface area contributed by atoms with E-state index in [2.05, 4.69) is 5.32 Å². The summed E-state index contributed by atoms with van der Waals surface area (Å²) < 4.78 is 4.92. The molecule has 4 heteroatoms. The van der Waals surface area contributed by atoms with E-state index in [1.807, 2.05) is 37.4 Å². The molecule has 0 saturated heterocycles. The molecule has 1 aromatic carbocycles. The highest BCUT2D eigenvalue weighted by Crippen LogP contribution is 2.03. The summed E-state index contributed by atoms with van der Waals surface area (Å²) in [5.41, 5.74) is 1.15. The van der Waals surface area contributed by atoms with Crippen LogP contribution in [-0.2, 0) is 16.1 Å². The monoisotopic (exact) mass is 250 g/mol. The summed E-state index contributed by atoms with van der Waals surface area (Å²) in [7, 11) is 3.50. The Hall–Kier alpha value is -1.39. The number of methoxy groups -OCH3 is 1. The molecule has 0 heterocycles. The zero-order valence-corrected chi connectivity index (χ0v) is 11.2. The highest BCUT2D eigenvalue weighted by Gasteiger charge is 2.08. The number of rotatable bonds is 8. The molecule has 0 saturated carbocycles. The second kappa shape index (κ2) is 8.66. The van der Waals surface area contributed by atoms with Crippen LogP contribution < -0.4 is 5.32 Å². The lowest BCUT2D eigenvalue weighted by molar-refractivity contribution is -0.130. The maximum atomic E-state index is 11.8. The molecule has 4 nitrogen and oxygen atoms in total. The van der Waals surface area contributed by atoms with Crippen LogP contribution in [0.15, 0.2) is 30.3 Å². The molecule has 100 valence electrons. The number of carbonyl (C=O) groups excluding carboxylic acids is 1. The van der Waals surface area contributed by atoms with Crippen LogP contribution in [0, 0.1) is 0 Å².